The molecule has 0 aliphatic carbocycles. The molecular weight excluding hydrogens is 334 g/mol. The minimum Gasteiger partial charge on any atom is -0.496 e. The Bertz CT molecular complexity index is 884. The molecule has 0 unspecified atom stereocenters. The van der Waals surface area contributed by atoms with Crippen LogP contribution in [-0.4, -0.2) is 19.7 Å². The number of methoxy groups -OCH3 is 1. The number of esters is 1. The molecule has 2 N–H and O–H groups in total. The summed E-state index contributed by atoms with van der Waals surface area (Å²) in [5, 5.41) is 2.36. The van der Waals surface area contributed by atoms with E-state index in [0.717, 1.165) is 28.0 Å². The highest BCUT2D eigenvalue weighted by Crippen LogP contribution is 2.36. The number of hydrogen-bond acceptors (Lipinski definition) is 5. The lowest BCUT2D eigenvalue weighted by molar-refractivity contribution is 0.0529. The van der Waals surface area contributed by atoms with Crippen LogP contribution in [0.3, 0.4) is 0 Å². The average molecular weight is 353 g/mol. The van der Waals surface area contributed by atoms with Gasteiger partial charge in [0.05, 0.1) is 13.7 Å². The third kappa shape index (κ3) is 3.37. The SMILES string of the molecule is CCOC(=O)c1c(-c2ccc(-c3ccccc3OC)cc2)csc1N. The van der Waals surface area contributed by atoms with Crippen LogP contribution in [0.25, 0.3) is 22.3 Å². The van der Waals surface area contributed by atoms with Crippen molar-refractivity contribution in [3.05, 3.63) is 59.5 Å². The summed E-state index contributed by atoms with van der Waals surface area (Å²) in [6, 6.07) is 15.8. The Labute approximate surface area is 150 Å². The lowest BCUT2D eigenvalue weighted by Gasteiger charge is -2.10. The molecule has 2 aromatic carbocycles. The number of nitrogen functional groups attached to an aromatic ring is 1. The van der Waals surface area contributed by atoms with Gasteiger partial charge in [0.1, 0.15) is 16.3 Å². The number of carbonyl (C=O) groups is 1. The molecule has 5 heteroatoms. The summed E-state index contributed by atoms with van der Waals surface area (Å²) in [5.74, 6) is 0.437. The molecule has 0 radical (unpaired) electrons. The maximum absolute atomic E-state index is 12.2. The zero-order valence-corrected chi connectivity index (χ0v) is 14.9. The van der Waals surface area contributed by atoms with Crippen molar-refractivity contribution < 1.29 is 14.3 Å². The smallest absolute Gasteiger partial charge is 0.341 e. The molecule has 3 rings (SSSR count). The molecule has 1 aromatic heterocycles. The van der Waals surface area contributed by atoms with Crippen LogP contribution >= 0.6 is 11.3 Å². The van der Waals surface area contributed by atoms with Crippen LogP contribution in [0.1, 0.15) is 17.3 Å². The normalized spacial score (nSPS) is 10.5. The van der Waals surface area contributed by atoms with Crippen LogP contribution in [0.15, 0.2) is 53.9 Å². The number of benzene rings is 2. The Kier molecular flexibility index (Phi) is 5.05. The molecule has 0 amide bonds. The highest BCUT2D eigenvalue weighted by Gasteiger charge is 2.19. The molecule has 3 aromatic rings. The fourth-order valence-electron chi connectivity index (χ4n) is 2.71. The first-order valence-electron chi connectivity index (χ1n) is 7.93. The number of rotatable bonds is 5. The first-order chi connectivity index (χ1) is 12.2. The Hall–Kier alpha value is -2.79. The van der Waals surface area contributed by atoms with Gasteiger partial charge in [-0.3, -0.25) is 0 Å². The van der Waals surface area contributed by atoms with E-state index >= 15 is 0 Å². The summed E-state index contributed by atoms with van der Waals surface area (Å²) in [6.45, 7) is 2.10. The number of nitrogens with two attached hydrogens (primary N) is 1. The van der Waals surface area contributed by atoms with Gasteiger partial charge in [-0.2, -0.15) is 0 Å². The molecule has 25 heavy (non-hydrogen) atoms. The lowest BCUT2D eigenvalue weighted by Crippen LogP contribution is -2.07. The van der Waals surface area contributed by atoms with Gasteiger partial charge in [-0.15, -0.1) is 11.3 Å². The van der Waals surface area contributed by atoms with Crippen molar-refractivity contribution in [2.75, 3.05) is 19.5 Å². The van der Waals surface area contributed by atoms with E-state index < -0.39 is 0 Å². The minimum atomic E-state index is -0.384. The van der Waals surface area contributed by atoms with E-state index in [2.05, 4.69) is 0 Å². The van der Waals surface area contributed by atoms with Crippen LogP contribution in [0.4, 0.5) is 5.00 Å². The minimum absolute atomic E-state index is 0.320. The average Bonchev–Trinajstić information content (AvgIpc) is 3.03. The Balaban J connectivity index is 1.98. The van der Waals surface area contributed by atoms with Crippen LogP contribution in [0.2, 0.25) is 0 Å². The molecule has 0 bridgehead atoms. The van der Waals surface area contributed by atoms with Crippen molar-refractivity contribution >= 4 is 22.3 Å². The van der Waals surface area contributed by atoms with Gasteiger partial charge in [0.15, 0.2) is 0 Å². The van der Waals surface area contributed by atoms with Crippen LogP contribution in [0, 0.1) is 0 Å². The lowest BCUT2D eigenvalue weighted by atomic mass is 9.99. The number of para-hydroxylation sites is 1. The standard InChI is InChI=1S/C20H19NO3S/c1-3-24-20(22)18-16(12-25-19(18)21)14-10-8-13(9-11-14)15-6-4-5-7-17(15)23-2/h4-12H,3,21H2,1-2H3. The number of hydrogen-bond donors (Lipinski definition) is 1. The van der Waals surface area contributed by atoms with E-state index in [1.807, 2.05) is 53.9 Å². The van der Waals surface area contributed by atoms with E-state index in [0.29, 0.717) is 17.2 Å². The Morgan fingerprint density at radius 1 is 1.04 bits per heavy atom. The zero-order chi connectivity index (χ0) is 17.8. The predicted octanol–water partition coefficient (Wildman–Crippen LogP) is 4.85. The van der Waals surface area contributed by atoms with Crippen molar-refractivity contribution in [2.24, 2.45) is 0 Å². The second kappa shape index (κ2) is 7.40. The first-order valence-corrected chi connectivity index (χ1v) is 8.81. The summed E-state index contributed by atoms with van der Waals surface area (Å²) < 4.78 is 10.5. The van der Waals surface area contributed by atoms with Crippen molar-refractivity contribution in [2.45, 2.75) is 6.92 Å². The highest BCUT2D eigenvalue weighted by molar-refractivity contribution is 7.14. The van der Waals surface area contributed by atoms with Crippen LogP contribution in [0.5, 0.6) is 5.75 Å². The summed E-state index contributed by atoms with van der Waals surface area (Å²) in [6.07, 6.45) is 0. The van der Waals surface area contributed by atoms with Gasteiger partial charge in [0, 0.05) is 16.5 Å². The maximum Gasteiger partial charge on any atom is 0.341 e. The molecule has 0 aliphatic heterocycles. The fourth-order valence-corrected chi connectivity index (χ4v) is 3.52. The molecule has 0 spiro atoms. The molecule has 128 valence electrons. The molecule has 4 nitrogen and oxygen atoms in total. The summed E-state index contributed by atoms with van der Waals surface area (Å²) in [5.41, 5.74) is 10.2. The second-order valence-corrected chi connectivity index (χ2v) is 6.30. The van der Waals surface area contributed by atoms with Gasteiger partial charge >= 0.3 is 5.97 Å². The second-order valence-electron chi connectivity index (χ2n) is 5.39. The Morgan fingerprint density at radius 3 is 2.32 bits per heavy atom. The number of carbonyl (C=O) groups excluding carboxylic acids is 1. The van der Waals surface area contributed by atoms with Gasteiger partial charge in [0.25, 0.3) is 0 Å². The van der Waals surface area contributed by atoms with E-state index in [1.54, 1.807) is 14.0 Å². The van der Waals surface area contributed by atoms with E-state index in [1.165, 1.54) is 11.3 Å². The van der Waals surface area contributed by atoms with Gasteiger partial charge in [-0.05, 0) is 24.1 Å². The first kappa shape index (κ1) is 17.0. The Morgan fingerprint density at radius 2 is 1.68 bits per heavy atom. The van der Waals surface area contributed by atoms with Crippen LogP contribution < -0.4 is 10.5 Å². The summed E-state index contributed by atoms with van der Waals surface area (Å²) >= 11 is 1.34. The van der Waals surface area contributed by atoms with Crippen LogP contribution in [-0.2, 0) is 4.74 Å². The summed E-state index contributed by atoms with van der Waals surface area (Å²) in [4.78, 5) is 12.2. The van der Waals surface area contributed by atoms with E-state index in [-0.39, 0.29) is 5.97 Å². The number of anilines is 1. The quantitative estimate of drug-likeness (QED) is 0.666. The van der Waals surface area contributed by atoms with Gasteiger partial charge in [0.2, 0.25) is 0 Å². The topological polar surface area (TPSA) is 61.5 Å². The van der Waals surface area contributed by atoms with Crippen molar-refractivity contribution in [3.63, 3.8) is 0 Å². The molecule has 0 saturated heterocycles. The number of thiophene rings is 1. The van der Waals surface area contributed by atoms with Gasteiger partial charge in [-0.1, -0.05) is 42.5 Å². The molecule has 0 aliphatic rings. The summed E-state index contributed by atoms with van der Waals surface area (Å²) in [7, 11) is 1.66. The highest BCUT2D eigenvalue weighted by atomic mass is 32.1. The van der Waals surface area contributed by atoms with Gasteiger partial charge in [-0.25, -0.2) is 4.79 Å². The van der Waals surface area contributed by atoms with Crippen molar-refractivity contribution in [3.8, 4) is 28.0 Å². The third-order valence-corrected chi connectivity index (χ3v) is 4.72. The zero-order valence-electron chi connectivity index (χ0n) is 14.1. The monoisotopic (exact) mass is 353 g/mol. The molecule has 0 saturated carbocycles. The molecule has 0 fully saturated rings. The van der Waals surface area contributed by atoms with E-state index in [9.17, 15) is 4.79 Å². The van der Waals surface area contributed by atoms with Gasteiger partial charge < -0.3 is 15.2 Å². The van der Waals surface area contributed by atoms with E-state index in [4.69, 9.17) is 15.2 Å². The van der Waals surface area contributed by atoms with Crippen molar-refractivity contribution in [1.29, 1.82) is 0 Å². The molecular formula is C20H19NO3S. The predicted molar refractivity (Wildman–Crippen MR) is 102 cm³/mol. The molecule has 1 heterocycles. The largest absolute Gasteiger partial charge is 0.496 e. The maximum atomic E-state index is 12.2. The fraction of sp³-hybridized carbons (Fsp3) is 0.150. The molecule has 0 atom stereocenters. The number of ether oxygens (including phenoxy) is 2. The third-order valence-electron chi connectivity index (χ3n) is 3.91. The van der Waals surface area contributed by atoms with Crippen molar-refractivity contribution in [1.82, 2.24) is 0 Å².